The van der Waals surface area contributed by atoms with Gasteiger partial charge in [0, 0.05) is 11.1 Å². The van der Waals surface area contributed by atoms with Gasteiger partial charge in [0.1, 0.15) is 0 Å². The van der Waals surface area contributed by atoms with E-state index in [-0.39, 0.29) is 6.04 Å². The molecular formula is C14H23ClN2. The van der Waals surface area contributed by atoms with Crippen molar-refractivity contribution in [3.8, 4) is 0 Å². The molecule has 1 rings (SSSR count). The molecule has 17 heavy (non-hydrogen) atoms. The highest BCUT2D eigenvalue weighted by atomic mass is 35.5. The number of halogens is 1. The Morgan fingerprint density at radius 1 is 1.41 bits per heavy atom. The Balaban J connectivity index is 2.73. The smallest absolute Gasteiger partial charge is 0.0441 e. The predicted octanol–water partition coefficient (Wildman–Crippen LogP) is 3.46. The van der Waals surface area contributed by atoms with Crippen molar-refractivity contribution < 1.29 is 0 Å². The van der Waals surface area contributed by atoms with E-state index in [1.807, 2.05) is 13.0 Å². The zero-order valence-corrected chi connectivity index (χ0v) is 11.7. The summed E-state index contributed by atoms with van der Waals surface area (Å²) < 4.78 is 0. The van der Waals surface area contributed by atoms with Crippen LogP contribution in [0.25, 0.3) is 0 Å². The maximum absolute atomic E-state index is 6.24. The number of hydrogen-bond donors (Lipinski definition) is 2. The van der Waals surface area contributed by atoms with Gasteiger partial charge in [0.25, 0.3) is 0 Å². The van der Waals surface area contributed by atoms with Crippen molar-refractivity contribution in [2.24, 2.45) is 11.8 Å². The molecule has 3 heteroatoms. The highest BCUT2D eigenvalue weighted by Gasteiger charge is 2.16. The Kier molecular flexibility index (Phi) is 5.96. The molecule has 1 aromatic carbocycles. The van der Waals surface area contributed by atoms with Crippen LogP contribution >= 0.6 is 11.6 Å². The Hall–Kier alpha value is -0.570. The Bertz CT molecular complexity index is 352. The summed E-state index contributed by atoms with van der Waals surface area (Å²) in [7, 11) is 0. The van der Waals surface area contributed by atoms with E-state index in [0.717, 1.165) is 11.4 Å². The third kappa shape index (κ3) is 4.30. The molecule has 0 fully saturated rings. The van der Waals surface area contributed by atoms with Gasteiger partial charge in [0.15, 0.2) is 0 Å². The van der Waals surface area contributed by atoms with Gasteiger partial charge in [0.2, 0.25) is 0 Å². The van der Waals surface area contributed by atoms with Crippen LogP contribution in [0.2, 0.25) is 5.02 Å². The van der Waals surface area contributed by atoms with Gasteiger partial charge >= 0.3 is 0 Å². The van der Waals surface area contributed by atoms with Gasteiger partial charge in [-0.2, -0.15) is 0 Å². The summed E-state index contributed by atoms with van der Waals surface area (Å²) in [5, 5.41) is 0.842. The van der Waals surface area contributed by atoms with Crippen molar-refractivity contribution in [1.82, 2.24) is 5.43 Å². The first-order valence-electron chi connectivity index (χ1n) is 6.29. The number of hydrogen-bond acceptors (Lipinski definition) is 2. The summed E-state index contributed by atoms with van der Waals surface area (Å²) >= 11 is 6.24. The van der Waals surface area contributed by atoms with Crippen molar-refractivity contribution in [2.45, 2.75) is 46.1 Å². The average molecular weight is 255 g/mol. The number of nitrogens with one attached hydrogen (secondary N) is 1. The van der Waals surface area contributed by atoms with E-state index in [4.69, 9.17) is 17.4 Å². The Morgan fingerprint density at radius 2 is 2.12 bits per heavy atom. The molecular weight excluding hydrogens is 232 g/mol. The van der Waals surface area contributed by atoms with Crippen LogP contribution in [-0.2, 0) is 6.42 Å². The van der Waals surface area contributed by atoms with Crippen LogP contribution in [0.15, 0.2) is 18.2 Å². The van der Waals surface area contributed by atoms with Crippen LogP contribution in [0.5, 0.6) is 0 Å². The van der Waals surface area contributed by atoms with Gasteiger partial charge in [-0.25, -0.2) is 0 Å². The minimum atomic E-state index is 0.287. The summed E-state index contributed by atoms with van der Waals surface area (Å²) in [5.74, 6) is 6.20. The SMILES string of the molecule is CCCC(C)C(Cc1ccc(C)cc1Cl)NN. The quantitative estimate of drug-likeness (QED) is 0.603. The van der Waals surface area contributed by atoms with Gasteiger partial charge in [0.05, 0.1) is 0 Å². The van der Waals surface area contributed by atoms with E-state index in [9.17, 15) is 0 Å². The zero-order chi connectivity index (χ0) is 12.8. The van der Waals surface area contributed by atoms with Gasteiger partial charge < -0.3 is 0 Å². The minimum absolute atomic E-state index is 0.287. The minimum Gasteiger partial charge on any atom is -0.271 e. The maximum atomic E-state index is 6.24. The van der Waals surface area contributed by atoms with Crippen LogP contribution in [0.3, 0.4) is 0 Å². The Morgan fingerprint density at radius 3 is 2.65 bits per heavy atom. The summed E-state index contributed by atoms with van der Waals surface area (Å²) in [5.41, 5.74) is 5.28. The lowest BCUT2D eigenvalue weighted by atomic mass is 9.92. The standard InChI is InChI=1S/C14H23ClN2/c1-4-5-11(3)14(17-16)9-12-7-6-10(2)8-13(12)15/h6-8,11,14,17H,4-5,9,16H2,1-3H3. The number of aryl methyl sites for hydroxylation is 1. The third-order valence-electron chi connectivity index (χ3n) is 3.29. The molecule has 0 heterocycles. The normalized spacial score (nSPS) is 14.6. The van der Waals surface area contributed by atoms with Gasteiger partial charge in [-0.15, -0.1) is 0 Å². The summed E-state index contributed by atoms with van der Waals surface area (Å²) in [6.07, 6.45) is 3.25. The first-order valence-corrected chi connectivity index (χ1v) is 6.67. The maximum Gasteiger partial charge on any atom is 0.0441 e. The average Bonchev–Trinajstić information content (AvgIpc) is 2.28. The fourth-order valence-corrected chi connectivity index (χ4v) is 2.45. The molecule has 3 N–H and O–H groups in total. The number of nitrogens with two attached hydrogens (primary N) is 1. The van der Waals surface area contributed by atoms with E-state index < -0.39 is 0 Å². The number of benzene rings is 1. The highest BCUT2D eigenvalue weighted by Crippen LogP contribution is 2.22. The molecule has 0 aliphatic carbocycles. The van der Waals surface area contributed by atoms with Gasteiger partial charge in [-0.3, -0.25) is 11.3 Å². The van der Waals surface area contributed by atoms with Crippen LogP contribution in [-0.4, -0.2) is 6.04 Å². The van der Waals surface area contributed by atoms with E-state index in [1.54, 1.807) is 0 Å². The topological polar surface area (TPSA) is 38.0 Å². The second kappa shape index (κ2) is 7.00. The monoisotopic (exact) mass is 254 g/mol. The fourth-order valence-electron chi connectivity index (χ4n) is 2.14. The molecule has 2 unspecified atom stereocenters. The molecule has 0 bridgehead atoms. The molecule has 0 aliphatic rings. The van der Waals surface area contributed by atoms with Gasteiger partial charge in [-0.05, 0) is 42.9 Å². The van der Waals surface area contributed by atoms with Crippen LogP contribution in [0.4, 0.5) is 0 Å². The van der Waals surface area contributed by atoms with Crippen LogP contribution in [0, 0.1) is 12.8 Å². The molecule has 0 aliphatic heterocycles. The summed E-state index contributed by atoms with van der Waals surface area (Å²) in [6, 6.07) is 6.49. The lowest BCUT2D eigenvalue weighted by Crippen LogP contribution is -2.41. The van der Waals surface area contributed by atoms with Crippen LogP contribution in [0.1, 0.15) is 37.8 Å². The van der Waals surface area contributed by atoms with Crippen molar-refractivity contribution in [3.05, 3.63) is 34.3 Å². The van der Waals surface area contributed by atoms with Crippen LogP contribution < -0.4 is 11.3 Å². The number of rotatable bonds is 6. The number of hydrazine groups is 1. The van der Waals surface area contributed by atoms with E-state index in [1.165, 1.54) is 24.0 Å². The van der Waals surface area contributed by atoms with Crippen molar-refractivity contribution in [2.75, 3.05) is 0 Å². The molecule has 0 saturated heterocycles. The highest BCUT2D eigenvalue weighted by molar-refractivity contribution is 6.31. The van der Waals surface area contributed by atoms with E-state index in [0.29, 0.717) is 5.92 Å². The first kappa shape index (κ1) is 14.5. The molecule has 1 aromatic rings. The van der Waals surface area contributed by atoms with Gasteiger partial charge in [-0.1, -0.05) is 44.0 Å². The van der Waals surface area contributed by atoms with E-state index in [2.05, 4.69) is 31.4 Å². The lowest BCUT2D eigenvalue weighted by molar-refractivity contribution is 0.357. The first-order chi connectivity index (χ1) is 8.08. The third-order valence-corrected chi connectivity index (χ3v) is 3.65. The molecule has 0 aromatic heterocycles. The second-order valence-corrected chi connectivity index (χ2v) is 5.25. The zero-order valence-electron chi connectivity index (χ0n) is 11.0. The van der Waals surface area contributed by atoms with Crippen molar-refractivity contribution in [1.29, 1.82) is 0 Å². The van der Waals surface area contributed by atoms with Crippen molar-refractivity contribution in [3.63, 3.8) is 0 Å². The van der Waals surface area contributed by atoms with Crippen molar-refractivity contribution >= 4 is 11.6 Å². The molecule has 2 atom stereocenters. The molecule has 0 amide bonds. The molecule has 0 radical (unpaired) electrons. The summed E-state index contributed by atoms with van der Waals surface area (Å²) in [6.45, 7) is 6.48. The lowest BCUT2D eigenvalue weighted by Gasteiger charge is -2.23. The Labute approximate surface area is 110 Å². The largest absolute Gasteiger partial charge is 0.271 e. The fraction of sp³-hybridized carbons (Fsp3) is 0.571. The van der Waals surface area contributed by atoms with E-state index >= 15 is 0 Å². The molecule has 0 saturated carbocycles. The summed E-state index contributed by atoms with van der Waals surface area (Å²) in [4.78, 5) is 0. The predicted molar refractivity (Wildman–Crippen MR) is 75.1 cm³/mol. The molecule has 2 nitrogen and oxygen atoms in total. The molecule has 0 spiro atoms. The molecule has 96 valence electrons. The second-order valence-electron chi connectivity index (χ2n) is 4.84.